The van der Waals surface area contributed by atoms with E-state index in [9.17, 15) is 27.6 Å². The van der Waals surface area contributed by atoms with Crippen molar-refractivity contribution in [1.82, 2.24) is 0 Å². The van der Waals surface area contributed by atoms with Crippen molar-refractivity contribution in [1.29, 1.82) is 0 Å². The Labute approximate surface area is 135 Å². The standard InChI is InChI=1S/C17H14F3NO3/c18-17(19,20)9-2-1-3-10(7-9)21-15(23)13-8-4-5-11(12(22)6-8)14(13)16(21)24/h1-3,7-8,11,13-14H,4-6H2/t8-,11+,13+,14-/m0/s1. The van der Waals surface area contributed by atoms with Gasteiger partial charge in [0.25, 0.3) is 0 Å². The molecule has 2 bridgehead atoms. The number of ketones is 1. The van der Waals surface area contributed by atoms with Crippen LogP contribution in [0.15, 0.2) is 24.3 Å². The lowest BCUT2D eigenvalue weighted by atomic mass is 9.59. The van der Waals surface area contributed by atoms with E-state index >= 15 is 0 Å². The summed E-state index contributed by atoms with van der Waals surface area (Å²) < 4.78 is 38.7. The van der Waals surface area contributed by atoms with E-state index in [1.165, 1.54) is 12.1 Å². The molecule has 24 heavy (non-hydrogen) atoms. The summed E-state index contributed by atoms with van der Waals surface area (Å²) in [5.74, 6) is -2.90. The van der Waals surface area contributed by atoms with Crippen LogP contribution < -0.4 is 4.90 Å². The summed E-state index contributed by atoms with van der Waals surface area (Å²) in [5, 5.41) is 0. The third-order valence-corrected chi connectivity index (χ3v) is 5.50. The van der Waals surface area contributed by atoms with Gasteiger partial charge in [0.1, 0.15) is 5.78 Å². The number of benzene rings is 1. The molecular weight excluding hydrogens is 323 g/mol. The monoisotopic (exact) mass is 337 g/mol. The van der Waals surface area contributed by atoms with Crippen molar-refractivity contribution in [2.45, 2.75) is 25.4 Å². The van der Waals surface area contributed by atoms with E-state index in [1.54, 1.807) is 0 Å². The predicted molar refractivity (Wildman–Crippen MR) is 76.8 cm³/mol. The van der Waals surface area contributed by atoms with Gasteiger partial charge >= 0.3 is 6.18 Å². The Kier molecular flexibility index (Phi) is 3.14. The molecule has 1 aromatic carbocycles. The number of alkyl halides is 3. The number of hydrogen-bond donors (Lipinski definition) is 0. The van der Waals surface area contributed by atoms with Gasteiger partial charge in [-0.2, -0.15) is 13.2 Å². The molecule has 0 unspecified atom stereocenters. The van der Waals surface area contributed by atoms with E-state index in [0.29, 0.717) is 19.3 Å². The fourth-order valence-electron chi connectivity index (χ4n) is 4.46. The number of anilines is 1. The van der Waals surface area contributed by atoms with Crippen LogP contribution in [-0.2, 0) is 20.6 Å². The Bertz CT molecular complexity index is 758. The van der Waals surface area contributed by atoms with Gasteiger partial charge in [-0.25, -0.2) is 0 Å². The van der Waals surface area contributed by atoms with E-state index in [0.717, 1.165) is 17.0 Å². The second-order valence-electron chi connectivity index (χ2n) is 6.73. The molecule has 0 N–H and O–H groups in total. The van der Waals surface area contributed by atoms with E-state index in [4.69, 9.17) is 0 Å². The van der Waals surface area contributed by atoms with Crippen LogP contribution in [0.3, 0.4) is 0 Å². The minimum absolute atomic E-state index is 0.000424. The summed E-state index contributed by atoms with van der Waals surface area (Å²) in [7, 11) is 0. The fourth-order valence-corrected chi connectivity index (χ4v) is 4.46. The number of amides is 2. The number of Topliss-reactive ketones (excluding diaryl/α,β-unsaturated/α-hetero) is 1. The zero-order chi connectivity index (χ0) is 17.2. The average Bonchev–Trinajstić information content (AvgIpc) is 2.80. The lowest BCUT2D eigenvalue weighted by molar-refractivity contribution is -0.143. The van der Waals surface area contributed by atoms with Gasteiger partial charge in [0.05, 0.1) is 23.1 Å². The Hall–Kier alpha value is -2.18. The summed E-state index contributed by atoms with van der Waals surface area (Å²) in [6.07, 6.45) is -2.96. The van der Waals surface area contributed by atoms with Crippen molar-refractivity contribution in [2.75, 3.05) is 4.90 Å². The third kappa shape index (κ3) is 2.03. The van der Waals surface area contributed by atoms with E-state index in [2.05, 4.69) is 0 Å². The molecule has 7 heteroatoms. The van der Waals surface area contributed by atoms with Crippen LogP contribution in [0, 0.1) is 23.7 Å². The first kappa shape index (κ1) is 15.4. The molecule has 3 saturated carbocycles. The number of hydrogen-bond acceptors (Lipinski definition) is 3. The molecule has 1 heterocycles. The van der Waals surface area contributed by atoms with Crippen molar-refractivity contribution >= 4 is 23.3 Å². The smallest absolute Gasteiger partial charge is 0.299 e. The molecule has 3 aliphatic carbocycles. The van der Waals surface area contributed by atoms with Crippen molar-refractivity contribution < 1.29 is 27.6 Å². The molecule has 2 amide bonds. The summed E-state index contributed by atoms with van der Waals surface area (Å²) in [6, 6.07) is 4.22. The predicted octanol–water partition coefficient (Wildman–Crippen LogP) is 2.81. The summed E-state index contributed by atoms with van der Waals surface area (Å²) >= 11 is 0. The Morgan fingerprint density at radius 2 is 1.71 bits per heavy atom. The maximum Gasteiger partial charge on any atom is 0.416 e. The summed E-state index contributed by atoms with van der Waals surface area (Å²) in [4.78, 5) is 38.3. The quantitative estimate of drug-likeness (QED) is 0.741. The maximum atomic E-state index is 12.9. The lowest BCUT2D eigenvalue weighted by Crippen LogP contribution is -2.46. The molecule has 0 spiro atoms. The highest BCUT2D eigenvalue weighted by atomic mass is 19.4. The second-order valence-corrected chi connectivity index (χ2v) is 6.73. The molecule has 1 aliphatic heterocycles. The highest BCUT2D eigenvalue weighted by Gasteiger charge is 2.61. The first-order valence-electron chi connectivity index (χ1n) is 7.87. The first-order valence-corrected chi connectivity index (χ1v) is 7.87. The molecule has 1 aromatic rings. The molecular formula is C17H14F3NO3. The number of halogens is 3. The topological polar surface area (TPSA) is 54.5 Å². The van der Waals surface area contributed by atoms with Crippen LogP contribution in [0.4, 0.5) is 18.9 Å². The molecule has 1 saturated heterocycles. The number of rotatable bonds is 1. The van der Waals surface area contributed by atoms with Crippen LogP contribution in [0.2, 0.25) is 0 Å². The number of fused-ring (bicyclic) bond motifs is 2. The Balaban J connectivity index is 1.74. The van der Waals surface area contributed by atoms with Crippen LogP contribution in [-0.4, -0.2) is 17.6 Å². The van der Waals surface area contributed by atoms with Gasteiger partial charge < -0.3 is 0 Å². The van der Waals surface area contributed by atoms with Crippen molar-refractivity contribution in [2.24, 2.45) is 23.7 Å². The lowest BCUT2D eigenvalue weighted by Gasteiger charge is -2.41. The first-order chi connectivity index (χ1) is 11.3. The zero-order valence-corrected chi connectivity index (χ0v) is 12.5. The maximum absolute atomic E-state index is 12.9. The van der Waals surface area contributed by atoms with Crippen molar-refractivity contribution in [3.63, 3.8) is 0 Å². The highest BCUT2D eigenvalue weighted by Crippen LogP contribution is 2.52. The number of nitrogens with zero attached hydrogens (tertiary/aromatic N) is 1. The van der Waals surface area contributed by atoms with Gasteiger partial charge in [-0.1, -0.05) is 6.07 Å². The highest BCUT2D eigenvalue weighted by molar-refractivity contribution is 6.23. The largest absolute Gasteiger partial charge is 0.416 e. The van der Waals surface area contributed by atoms with Gasteiger partial charge in [0.15, 0.2) is 0 Å². The van der Waals surface area contributed by atoms with E-state index in [-0.39, 0.29) is 17.4 Å². The van der Waals surface area contributed by atoms with Crippen LogP contribution in [0.5, 0.6) is 0 Å². The van der Waals surface area contributed by atoms with Gasteiger partial charge in [-0.3, -0.25) is 19.3 Å². The van der Waals surface area contributed by atoms with E-state index in [1.807, 2.05) is 0 Å². The van der Waals surface area contributed by atoms with Crippen LogP contribution in [0.25, 0.3) is 0 Å². The SMILES string of the molecule is O=C1C[C@@H]2CC[C@H]1[C@@H]1C(=O)N(c3cccc(C(F)(F)F)c3)C(=O)[C@H]21. The molecule has 0 aromatic heterocycles. The number of carbonyl (C=O) groups excluding carboxylic acids is 3. The van der Waals surface area contributed by atoms with Gasteiger partial charge in [-0.05, 0) is 37.0 Å². The van der Waals surface area contributed by atoms with Gasteiger partial charge in [-0.15, -0.1) is 0 Å². The van der Waals surface area contributed by atoms with Crippen LogP contribution >= 0.6 is 0 Å². The zero-order valence-electron chi connectivity index (χ0n) is 12.5. The van der Waals surface area contributed by atoms with Crippen LogP contribution in [0.1, 0.15) is 24.8 Å². The molecule has 5 rings (SSSR count). The molecule has 4 nitrogen and oxygen atoms in total. The molecule has 4 fully saturated rings. The summed E-state index contributed by atoms with van der Waals surface area (Å²) in [6.45, 7) is 0. The minimum atomic E-state index is -4.55. The van der Waals surface area contributed by atoms with Gasteiger partial charge in [0.2, 0.25) is 11.8 Å². The fraction of sp³-hybridized carbons (Fsp3) is 0.471. The Morgan fingerprint density at radius 1 is 1.00 bits per heavy atom. The number of carbonyl (C=O) groups is 3. The summed E-state index contributed by atoms with van der Waals surface area (Å²) in [5.41, 5.74) is -0.976. The Morgan fingerprint density at radius 3 is 2.38 bits per heavy atom. The molecule has 4 aliphatic rings. The normalized spacial score (nSPS) is 32.5. The van der Waals surface area contributed by atoms with Crippen molar-refractivity contribution in [3.05, 3.63) is 29.8 Å². The van der Waals surface area contributed by atoms with Gasteiger partial charge in [0, 0.05) is 12.3 Å². The third-order valence-electron chi connectivity index (χ3n) is 5.50. The molecule has 4 atom stereocenters. The van der Waals surface area contributed by atoms with Crippen molar-refractivity contribution in [3.8, 4) is 0 Å². The molecule has 126 valence electrons. The number of imide groups is 1. The average molecular weight is 337 g/mol. The van der Waals surface area contributed by atoms with E-state index < -0.39 is 41.3 Å². The molecule has 0 radical (unpaired) electrons. The minimum Gasteiger partial charge on any atom is -0.299 e. The second kappa shape index (κ2) is 4.91.